The summed E-state index contributed by atoms with van der Waals surface area (Å²) in [5.74, 6) is 0.677. The summed E-state index contributed by atoms with van der Waals surface area (Å²) in [4.78, 5) is 14.6. The minimum Gasteiger partial charge on any atom is -0.489 e. The van der Waals surface area contributed by atoms with Gasteiger partial charge in [-0.3, -0.25) is 4.79 Å². The van der Waals surface area contributed by atoms with Crippen molar-refractivity contribution in [3.05, 3.63) is 64.7 Å². The average Bonchev–Trinajstić information content (AvgIpc) is 2.53. The van der Waals surface area contributed by atoms with Gasteiger partial charge in [0.15, 0.2) is 0 Å². The predicted octanol–water partition coefficient (Wildman–Crippen LogP) is 5.18. The number of halogens is 1. The summed E-state index contributed by atoms with van der Waals surface area (Å²) in [6, 6.07) is 15.2. The summed E-state index contributed by atoms with van der Waals surface area (Å²) in [5, 5.41) is 0.676. The molecule has 4 heteroatoms. The Hall–Kier alpha value is -2.00. The minimum atomic E-state index is 0.0168. The molecular formula is C20H24ClNO2. The molecule has 0 aliphatic carbocycles. The van der Waals surface area contributed by atoms with Gasteiger partial charge in [0.05, 0.1) is 0 Å². The lowest BCUT2D eigenvalue weighted by molar-refractivity contribution is 0.0643. The van der Waals surface area contributed by atoms with Crippen LogP contribution in [0.15, 0.2) is 48.5 Å². The first-order valence-corrected chi connectivity index (χ1v) is 8.57. The highest BCUT2D eigenvalue weighted by molar-refractivity contribution is 6.31. The van der Waals surface area contributed by atoms with Gasteiger partial charge in [-0.2, -0.15) is 0 Å². The molecule has 0 N–H and O–H groups in total. The van der Waals surface area contributed by atoms with Crippen LogP contribution >= 0.6 is 11.6 Å². The van der Waals surface area contributed by atoms with Crippen molar-refractivity contribution in [3.63, 3.8) is 0 Å². The molecule has 0 atom stereocenters. The first-order valence-electron chi connectivity index (χ1n) is 8.19. The van der Waals surface area contributed by atoms with Crippen LogP contribution in [0.3, 0.4) is 0 Å². The number of ether oxygens (including phenoxy) is 1. The SMILES string of the molecule is CC(C)N(C(=O)c1cccc(OCc2ccccc2Cl)c1)C(C)C. The number of hydrogen-bond donors (Lipinski definition) is 0. The molecule has 0 aromatic heterocycles. The Bertz CT molecular complexity index is 690. The van der Waals surface area contributed by atoms with Crippen LogP contribution in [0.4, 0.5) is 0 Å². The van der Waals surface area contributed by atoms with E-state index in [1.54, 1.807) is 6.07 Å². The number of benzene rings is 2. The molecule has 0 aliphatic rings. The van der Waals surface area contributed by atoms with E-state index in [0.29, 0.717) is 22.9 Å². The fourth-order valence-electron chi connectivity index (χ4n) is 2.71. The molecule has 128 valence electrons. The number of rotatable bonds is 6. The largest absolute Gasteiger partial charge is 0.489 e. The van der Waals surface area contributed by atoms with Crippen molar-refractivity contribution in [2.45, 2.75) is 46.4 Å². The van der Waals surface area contributed by atoms with Crippen molar-refractivity contribution in [1.82, 2.24) is 4.90 Å². The van der Waals surface area contributed by atoms with Gasteiger partial charge in [-0.05, 0) is 52.0 Å². The van der Waals surface area contributed by atoms with Gasteiger partial charge in [0.25, 0.3) is 5.91 Å². The molecule has 0 unspecified atom stereocenters. The highest BCUT2D eigenvalue weighted by Gasteiger charge is 2.21. The molecule has 0 spiro atoms. The molecule has 3 nitrogen and oxygen atoms in total. The lowest BCUT2D eigenvalue weighted by Crippen LogP contribution is -2.42. The fourth-order valence-corrected chi connectivity index (χ4v) is 2.90. The quantitative estimate of drug-likeness (QED) is 0.722. The van der Waals surface area contributed by atoms with Gasteiger partial charge in [0.1, 0.15) is 12.4 Å². The highest BCUT2D eigenvalue weighted by atomic mass is 35.5. The molecule has 0 aliphatic heterocycles. The zero-order valence-corrected chi connectivity index (χ0v) is 15.4. The van der Waals surface area contributed by atoms with E-state index >= 15 is 0 Å². The van der Waals surface area contributed by atoms with Gasteiger partial charge < -0.3 is 9.64 Å². The Balaban J connectivity index is 2.14. The third-order valence-corrected chi connectivity index (χ3v) is 4.15. The first kappa shape index (κ1) is 18.3. The summed E-state index contributed by atoms with van der Waals surface area (Å²) in [7, 11) is 0. The van der Waals surface area contributed by atoms with E-state index < -0.39 is 0 Å². The van der Waals surface area contributed by atoms with Crippen molar-refractivity contribution in [3.8, 4) is 5.75 Å². The van der Waals surface area contributed by atoms with Crippen LogP contribution in [0.25, 0.3) is 0 Å². The molecule has 0 bridgehead atoms. The summed E-state index contributed by atoms with van der Waals surface area (Å²) in [6.07, 6.45) is 0. The molecule has 0 heterocycles. The maximum absolute atomic E-state index is 12.8. The van der Waals surface area contributed by atoms with Crippen molar-refractivity contribution in [2.75, 3.05) is 0 Å². The summed E-state index contributed by atoms with van der Waals surface area (Å²) >= 11 is 6.14. The Kier molecular flexibility index (Phi) is 6.27. The third kappa shape index (κ3) is 4.51. The number of carbonyl (C=O) groups excluding carboxylic acids is 1. The van der Waals surface area contributed by atoms with Crippen LogP contribution in [0, 0.1) is 0 Å². The normalized spacial score (nSPS) is 11.0. The van der Waals surface area contributed by atoms with E-state index in [2.05, 4.69) is 0 Å². The van der Waals surface area contributed by atoms with E-state index in [9.17, 15) is 4.79 Å². The van der Waals surface area contributed by atoms with E-state index in [4.69, 9.17) is 16.3 Å². The van der Waals surface area contributed by atoms with Crippen LogP contribution < -0.4 is 4.74 Å². The van der Waals surface area contributed by atoms with Crippen LogP contribution in [0.5, 0.6) is 5.75 Å². The smallest absolute Gasteiger partial charge is 0.254 e. The lowest BCUT2D eigenvalue weighted by Gasteiger charge is -2.31. The van der Waals surface area contributed by atoms with E-state index in [0.717, 1.165) is 5.56 Å². The van der Waals surface area contributed by atoms with Crippen molar-refractivity contribution in [1.29, 1.82) is 0 Å². The van der Waals surface area contributed by atoms with Gasteiger partial charge in [-0.1, -0.05) is 35.9 Å². The maximum atomic E-state index is 12.8. The Morgan fingerprint density at radius 1 is 1.04 bits per heavy atom. The fraction of sp³-hybridized carbons (Fsp3) is 0.350. The zero-order chi connectivity index (χ0) is 17.7. The summed E-state index contributed by atoms with van der Waals surface area (Å²) in [5.41, 5.74) is 1.55. The van der Waals surface area contributed by atoms with Crippen molar-refractivity contribution < 1.29 is 9.53 Å². The highest BCUT2D eigenvalue weighted by Crippen LogP contribution is 2.21. The molecule has 2 aromatic rings. The standard InChI is InChI=1S/C20H24ClNO2/c1-14(2)22(15(3)4)20(23)16-9-7-10-18(12-16)24-13-17-8-5-6-11-19(17)21/h5-12,14-15H,13H2,1-4H3. The topological polar surface area (TPSA) is 29.5 Å². The molecule has 2 aromatic carbocycles. The van der Waals surface area contributed by atoms with Crippen molar-refractivity contribution >= 4 is 17.5 Å². The van der Waals surface area contributed by atoms with Crippen LogP contribution in [0.1, 0.15) is 43.6 Å². The maximum Gasteiger partial charge on any atom is 0.254 e. The molecule has 0 saturated carbocycles. The molecule has 0 radical (unpaired) electrons. The Morgan fingerprint density at radius 2 is 1.71 bits per heavy atom. The number of amides is 1. The molecule has 24 heavy (non-hydrogen) atoms. The lowest BCUT2D eigenvalue weighted by atomic mass is 10.1. The van der Waals surface area contributed by atoms with Gasteiger partial charge in [0.2, 0.25) is 0 Å². The molecule has 2 rings (SSSR count). The first-order chi connectivity index (χ1) is 11.4. The second-order valence-electron chi connectivity index (χ2n) is 6.31. The number of hydrogen-bond acceptors (Lipinski definition) is 2. The van der Waals surface area contributed by atoms with Gasteiger partial charge in [-0.15, -0.1) is 0 Å². The van der Waals surface area contributed by atoms with Gasteiger partial charge in [0, 0.05) is 28.2 Å². The minimum absolute atomic E-state index is 0.0168. The summed E-state index contributed by atoms with van der Waals surface area (Å²) < 4.78 is 5.81. The molecule has 0 saturated heterocycles. The second kappa shape index (κ2) is 8.20. The summed E-state index contributed by atoms with van der Waals surface area (Å²) in [6.45, 7) is 8.46. The van der Waals surface area contributed by atoms with E-state index in [1.807, 2.05) is 75.1 Å². The zero-order valence-electron chi connectivity index (χ0n) is 14.6. The van der Waals surface area contributed by atoms with Crippen LogP contribution in [0.2, 0.25) is 5.02 Å². The average molecular weight is 346 g/mol. The predicted molar refractivity (Wildman–Crippen MR) is 98.7 cm³/mol. The molecule has 0 fully saturated rings. The third-order valence-electron chi connectivity index (χ3n) is 3.78. The van der Waals surface area contributed by atoms with Crippen LogP contribution in [-0.4, -0.2) is 22.9 Å². The molecular weight excluding hydrogens is 322 g/mol. The molecule has 1 amide bonds. The Morgan fingerprint density at radius 3 is 2.33 bits per heavy atom. The Labute approximate surface area is 149 Å². The van der Waals surface area contributed by atoms with Gasteiger partial charge in [-0.25, -0.2) is 0 Å². The monoisotopic (exact) mass is 345 g/mol. The van der Waals surface area contributed by atoms with Crippen LogP contribution in [-0.2, 0) is 6.61 Å². The van der Waals surface area contributed by atoms with E-state index in [1.165, 1.54) is 0 Å². The van der Waals surface area contributed by atoms with Gasteiger partial charge >= 0.3 is 0 Å². The number of carbonyl (C=O) groups is 1. The van der Waals surface area contributed by atoms with E-state index in [-0.39, 0.29) is 18.0 Å². The van der Waals surface area contributed by atoms with Crippen molar-refractivity contribution in [2.24, 2.45) is 0 Å². The number of nitrogens with zero attached hydrogens (tertiary/aromatic N) is 1. The second-order valence-corrected chi connectivity index (χ2v) is 6.72.